The largest absolute Gasteiger partial charge is 0.494 e. The van der Waals surface area contributed by atoms with Gasteiger partial charge in [0.2, 0.25) is 0 Å². The second kappa shape index (κ2) is 5.62. The average Bonchev–Trinajstić information content (AvgIpc) is 2.20. The molecule has 0 aromatic heterocycles. The SMILES string of the molecule is CCOc1ccc([C@@H](N)CCO)cc1. The Bertz CT molecular complexity index is 258. The molecule has 0 fully saturated rings. The van der Waals surface area contributed by atoms with E-state index in [0.717, 1.165) is 11.3 Å². The molecule has 0 heterocycles. The third-order valence-electron chi connectivity index (χ3n) is 2.06. The molecule has 0 saturated carbocycles. The molecule has 1 aromatic rings. The van der Waals surface area contributed by atoms with Crippen molar-refractivity contribution >= 4 is 0 Å². The van der Waals surface area contributed by atoms with E-state index in [2.05, 4.69) is 0 Å². The summed E-state index contributed by atoms with van der Waals surface area (Å²) in [5.74, 6) is 0.854. The van der Waals surface area contributed by atoms with E-state index < -0.39 is 0 Å². The van der Waals surface area contributed by atoms with Crippen molar-refractivity contribution in [3.05, 3.63) is 29.8 Å². The number of hydrogen-bond acceptors (Lipinski definition) is 3. The second-order valence-corrected chi connectivity index (χ2v) is 3.12. The first-order valence-electron chi connectivity index (χ1n) is 4.87. The van der Waals surface area contributed by atoms with Crippen LogP contribution < -0.4 is 10.5 Å². The van der Waals surface area contributed by atoms with E-state index in [-0.39, 0.29) is 12.6 Å². The van der Waals surface area contributed by atoms with Crippen LogP contribution in [-0.4, -0.2) is 18.3 Å². The Labute approximate surface area is 84.5 Å². The molecule has 0 saturated heterocycles. The molecule has 78 valence electrons. The maximum absolute atomic E-state index is 8.73. The van der Waals surface area contributed by atoms with E-state index in [1.54, 1.807) is 0 Å². The van der Waals surface area contributed by atoms with E-state index in [9.17, 15) is 0 Å². The Morgan fingerprint density at radius 1 is 1.36 bits per heavy atom. The van der Waals surface area contributed by atoms with Crippen LogP contribution in [0, 0.1) is 0 Å². The molecule has 1 rings (SSSR count). The van der Waals surface area contributed by atoms with Gasteiger partial charge in [0, 0.05) is 12.6 Å². The Morgan fingerprint density at radius 3 is 2.50 bits per heavy atom. The highest BCUT2D eigenvalue weighted by molar-refractivity contribution is 5.28. The number of benzene rings is 1. The zero-order valence-corrected chi connectivity index (χ0v) is 8.44. The zero-order chi connectivity index (χ0) is 10.4. The number of hydrogen-bond donors (Lipinski definition) is 2. The molecule has 0 aliphatic heterocycles. The van der Waals surface area contributed by atoms with Gasteiger partial charge in [0.15, 0.2) is 0 Å². The smallest absolute Gasteiger partial charge is 0.119 e. The van der Waals surface area contributed by atoms with Crippen LogP contribution >= 0.6 is 0 Å². The molecule has 0 aliphatic carbocycles. The quantitative estimate of drug-likeness (QED) is 0.748. The predicted molar refractivity (Wildman–Crippen MR) is 56.2 cm³/mol. The predicted octanol–water partition coefficient (Wildman–Crippen LogP) is 1.47. The average molecular weight is 195 g/mol. The molecule has 0 amide bonds. The van der Waals surface area contributed by atoms with Gasteiger partial charge < -0.3 is 15.6 Å². The van der Waals surface area contributed by atoms with Gasteiger partial charge in [0.05, 0.1) is 6.61 Å². The third kappa shape index (κ3) is 3.01. The van der Waals surface area contributed by atoms with Crippen molar-refractivity contribution in [2.75, 3.05) is 13.2 Å². The summed E-state index contributed by atoms with van der Waals surface area (Å²) in [5.41, 5.74) is 6.86. The van der Waals surface area contributed by atoms with Gasteiger partial charge in [0.1, 0.15) is 5.75 Å². The van der Waals surface area contributed by atoms with Crippen LogP contribution in [0.1, 0.15) is 24.9 Å². The minimum Gasteiger partial charge on any atom is -0.494 e. The van der Waals surface area contributed by atoms with Crippen molar-refractivity contribution in [1.29, 1.82) is 0 Å². The van der Waals surface area contributed by atoms with Gasteiger partial charge in [-0.25, -0.2) is 0 Å². The maximum atomic E-state index is 8.73. The normalized spacial score (nSPS) is 12.5. The van der Waals surface area contributed by atoms with Crippen molar-refractivity contribution in [2.45, 2.75) is 19.4 Å². The lowest BCUT2D eigenvalue weighted by Crippen LogP contribution is -2.11. The number of aliphatic hydroxyl groups excluding tert-OH is 1. The summed E-state index contributed by atoms with van der Waals surface area (Å²) in [6.07, 6.45) is 0.591. The van der Waals surface area contributed by atoms with Gasteiger partial charge in [-0.05, 0) is 31.0 Å². The van der Waals surface area contributed by atoms with Gasteiger partial charge >= 0.3 is 0 Å². The van der Waals surface area contributed by atoms with Crippen LogP contribution in [0.3, 0.4) is 0 Å². The van der Waals surface area contributed by atoms with Crippen LogP contribution in [0.15, 0.2) is 24.3 Å². The monoisotopic (exact) mass is 195 g/mol. The topological polar surface area (TPSA) is 55.5 Å². The highest BCUT2D eigenvalue weighted by atomic mass is 16.5. The van der Waals surface area contributed by atoms with E-state index in [1.165, 1.54) is 0 Å². The maximum Gasteiger partial charge on any atom is 0.119 e. The lowest BCUT2D eigenvalue weighted by molar-refractivity contribution is 0.276. The first-order chi connectivity index (χ1) is 6.77. The molecule has 3 nitrogen and oxygen atoms in total. The number of rotatable bonds is 5. The molecule has 0 aliphatic rings. The van der Waals surface area contributed by atoms with Gasteiger partial charge in [-0.15, -0.1) is 0 Å². The summed E-state index contributed by atoms with van der Waals surface area (Å²) < 4.78 is 5.31. The lowest BCUT2D eigenvalue weighted by Gasteiger charge is -2.10. The van der Waals surface area contributed by atoms with Crippen LogP contribution in [0.5, 0.6) is 5.75 Å². The number of ether oxygens (including phenoxy) is 1. The third-order valence-corrected chi connectivity index (χ3v) is 2.06. The standard InChI is InChI=1S/C11H17NO2/c1-2-14-10-5-3-9(4-6-10)11(12)7-8-13/h3-6,11,13H,2,7-8,12H2,1H3/t11-/m0/s1. The molecule has 1 atom stereocenters. The Hall–Kier alpha value is -1.06. The van der Waals surface area contributed by atoms with E-state index in [0.29, 0.717) is 13.0 Å². The Kier molecular flexibility index (Phi) is 4.43. The van der Waals surface area contributed by atoms with Crippen LogP contribution in [0.2, 0.25) is 0 Å². The van der Waals surface area contributed by atoms with Gasteiger partial charge in [-0.2, -0.15) is 0 Å². The summed E-state index contributed by atoms with van der Waals surface area (Å²) in [6.45, 7) is 2.74. The fraction of sp³-hybridized carbons (Fsp3) is 0.455. The lowest BCUT2D eigenvalue weighted by atomic mass is 10.1. The van der Waals surface area contributed by atoms with E-state index >= 15 is 0 Å². The highest BCUT2D eigenvalue weighted by Crippen LogP contribution is 2.18. The molecular weight excluding hydrogens is 178 g/mol. The summed E-state index contributed by atoms with van der Waals surface area (Å²) >= 11 is 0. The van der Waals surface area contributed by atoms with Crippen molar-refractivity contribution in [2.24, 2.45) is 5.73 Å². The van der Waals surface area contributed by atoms with Crippen molar-refractivity contribution in [3.63, 3.8) is 0 Å². The fourth-order valence-corrected chi connectivity index (χ4v) is 1.28. The number of nitrogens with two attached hydrogens (primary N) is 1. The molecule has 14 heavy (non-hydrogen) atoms. The Morgan fingerprint density at radius 2 is 2.00 bits per heavy atom. The van der Waals surface area contributed by atoms with E-state index in [4.69, 9.17) is 15.6 Å². The van der Waals surface area contributed by atoms with Crippen LogP contribution in [0.4, 0.5) is 0 Å². The molecular formula is C11H17NO2. The fourth-order valence-electron chi connectivity index (χ4n) is 1.28. The molecule has 1 aromatic carbocycles. The van der Waals surface area contributed by atoms with Crippen molar-refractivity contribution < 1.29 is 9.84 Å². The molecule has 0 bridgehead atoms. The molecule has 3 N–H and O–H groups in total. The Balaban J connectivity index is 2.62. The molecule has 0 radical (unpaired) electrons. The second-order valence-electron chi connectivity index (χ2n) is 3.12. The van der Waals surface area contributed by atoms with Crippen molar-refractivity contribution in [3.8, 4) is 5.75 Å². The van der Waals surface area contributed by atoms with Gasteiger partial charge in [-0.3, -0.25) is 0 Å². The van der Waals surface area contributed by atoms with E-state index in [1.807, 2.05) is 31.2 Å². The van der Waals surface area contributed by atoms with Gasteiger partial charge in [0.25, 0.3) is 0 Å². The first-order valence-corrected chi connectivity index (χ1v) is 4.87. The van der Waals surface area contributed by atoms with Crippen LogP contribution in [-0.2, 0) is 0 Å². The minimum absolute atomic E-state index is 0.0873. The summed E-state index contributed by atoms with van der Waals surface area (Å²) in [5, 5.41) is 8.73. The molecule has 0 spiro atoms. The highest BCUT2D eigenvalue weighted by Gasteiger charge is 2.04. The molecule has 3 heteroatoms. The molecule has 0 unspecified atom stereocenters. The summed E-state index contributed by atoms with van der Waals surface area (Å²) in [6, 6.07) is 7.58. The van der Waals surface area contributed by atoms with Crippen LogP contribution in [0.25, 0.3) is 0 Å². The summed E-state index contributed by atoms with van der Waals surface area (Å²) in [7, 11) is 0. The summed E-state index contributed by atoms with van der Waals surface area (Å²) in [4.78, 5) is 0. The zero-order valence-electron chi connectivity index (χ0n) is 8.44. The minimum atomic E-state index is -0.0873. The van der Waals surface area contributed by atoms with Crippen molar-refractivity contribution in [1.82, 2.24) is 0 Å². The number of aliphatic hydroxyl groups is 1. The first kappa shape index (κ1) is 11.0. The van der Waals surface area contributed by atoms with Gasteiger partial charge in [-0.1, -0.05) is 12.1 Å².